The first-order valence-electron chi connectivity index (χ1n) is 6.88. The second-order valence-corrected chi connectivity index (χ2v) is 6.63. The molecule has 2 saturated carbocycles. The number of ketones is 1. The van der Waals surface area contributed by atoms with Crippen LogP contribution in [0.2, 0.25) is 0 Å². The Labute approximate surface area is 113 Å². The van der Waals surface area contributed by atoms with Crippen LogP contribution in [0.25, 0.3) is 6.08 Å². The Bertz CT molecular complexity index is 567. The number of carbonyl (C=O) groups excluding carboxylic acids is 1. The summed E-state index contributed by atoms with van der Waals surface area (Å²) in [6.07, 6.45) is 4.03. The van der Waals surface area contributed by atoms with Gasteiger partial charge in [0.15, 0.2) is 5.78 Å². The minimum absolute atomic E-state index is 0.0376. The van der Waals surface area contributed by atoms with E-state index in [2.05, 4.69) is 20.8 Å². The molecule has 0 aliphatic heterocycles. The average molecular weight is 258 g/mol. The van der Waals surface area contributed by atoms with Gasteiger partial charge in [0.25, 0.3) is 0 Å². The Morgan fingerprint density at radius 2 is 1.84 bits per heavy atom. The molecule has 19 heavy (non-hydrogen) atoms. The van der Waals surface area contributed by atoms with E-state index in [1.165, 1.54) is 12.1 Å². The molecular formula is C17H19FO. The van der Waals surface area contributed by atoms with E-state index in [4.69, 9.17) is 0 Å². The first kappa shape index (κ1) is 12.6. The predicted molar refractivity (Wildman–Crippen MR) is 74.0 cm³/mol. The van der Waals surface area contributed by atoms with Crippen LogP contribution >= 0.6 is 0 Å². The molecule has 2 aliphatic carbocycles. The summed E-state index contributed by atoms with van der Waals surface area (Å²) >= 11 is 0. The zero-order valence-electron chi connectivity index (χ0n) is 11.7. The van der Waals surface area contributed by atoms with Gasteiger partial charge >= 0.3 is 0 Å². The van der Waals surface area contributed by atoms with Gasteiger partial charge in [-0.15, -0.1) is 0 Å². The van der Waals surface area contributed by atoms with Crippen molar-refractivity contribution < 1.29 is 9.18 Å². The lowest BCUT2D eigenvalue weighted by molar-refractivity contribution is -0.125. The number of benzene rings is 1. The number of hydrogen-bond acceptors (Lipinski definition) is 1. The smallest absolute Gasteiger partial charge is 0.165 e. The Balaban J connectivity index is 2.04. The number of allylic oxidation sites excluding steroid dienone is 1. The van der Waals surface area contributed by atoms with Gasteiger partial charge in [-0.05, 0) is 53.5 Å². The second kappa shape index (κ2) is 3.78. The maximum absolute atomic E-state index is 12.9. The maximum atomic E-state index is 12.9. The molecule has 3 rings (SSSR count). The molecule has 0 radical (unpaired) electrons. The van der Waals surface area contributed by atoms with Gasteiger partial charge in [0.05, 0.1) is 0 Å². The molecule has 2 bridgehead atoms. The topological polar surface area (TPSA) is 17.1 Å². The molecule has 0 N–H and O–H groups in total. The standard InChI is InChI=1S/C17H19FO/c1-16(2)14-8-9-17(16,3)15(19)13(14)10-11-4-6-12(18)7-5-11/h4-7,10,14H,8-9H2,1-3H3. The maximum Gasteiger partial charge on any atom is 0.165 e. The van der Waals surface area contributed by atoms with Crippen molar-refractivity contribution in [3.05, 3.63) is 41.2 Å². The van der Waals surface area contributed by atoms with Gasteiger partial charge in [-0.3, -0.25) is 4.79 Å². The Kier molecular flexibility index (Phi) is 2.51. The Hall–Kier alpha value is -1.44. The molecule has 1 aromatic rings. The second-order valence-electron chi connectivity index (χ2n) is 6.63. The quantitative estimate of drug-likeness (QED) is 0.689. The summed E-state index contributed by atoms with van der Waals surface area (Å²) in [5.41, 5.74) is 1.67. The number of hydrogen-bond donors (Lipinski definition) is 0. The minimum Gasteiger partial charge on any atom is -0.294 e. The lowest BCUT2D eigenvalue weighted by atomic mass is 9.70. The fraction of sp³-hybridized carbons (Fsp3) is 0.471. The summed E-state index contributed by atoms with van der Waals surface area (Å²) in [5.74, 6) is 0.391. The van der Waals surface area contributed by atoms with Crippen molar-refractivity contribution in [1.82, 2.24) is 0 Å². The molecule has 0 amide bonds. The Morgan fingerprint density at radius 3 is 2.37 bits per heavy atom. The minimum atomic E-state index is -0.242. The SMILES string of the molecule is CC12CCC(C(=Cc3ccc(F)cc3)C1=O)C2(C)C. The van der Waals surface area contributed by atoms with Crippen LogP contribution in [-0.2, 0) is 4.79 Å². The lowest BCUT2D eigenvalue weighted by Gasteiger charge is -2.31. The van der Waals surface area contributed by atoms with Crippen LogP contribution in [0.1, 0.15) is 39.2 Å². The van der Waals surface area contributed by atoms with Crippen molar-refractivity contribution in [3.8, 4) is 0 Å². The third kappa shape index (κ3) is 1.55. The van der Waals surface area contributed by atoms with E-state index >= 15 is 0 Å². The van der Waals surface area contributed by atoms with E-state index in [9.17, 15) is 9.18 Å². The van der Waals surface area contributed by atoms with Crippen LogP contribution < -0.4 is 0 Å². The molecule has 2 atom stereocenters. The van der Waals surface area contributed by atoms with E-state index in [1.807, 2.05) is 6.08 Å². The molecule has 100 valence electrons. The van der Waals surface area contributed by atoms with Gasteiger partial charge in [-0.2, -0.15) is 0 Å². The number of fused-ring (bicyclic) bond motifs is 2. The lowest BCUT2D eigenvalue weighted by Crippen LogP contribution is -2.32. The number of Topliss-reactive ketones (excluding diaryl/α,β-unsaturated/α-hetero) is 1. The summed E-state index contributed by atoms with van der Waals surface area (Å²) in [7, 11) is 0. The molecule has 1 aromatic carbocycles. The molecule has 2 heteroatoms. The van der Waals surface area contributed by atoms with Crippen LogP contribution in [0, 0.1) is 22.6 Å². The fourth-order valence-electron chi connectivity index (χ4n) is 3.83. The largest absolute Gasteiger partial charge is 0.294 e. The molecule has 0 heterocycles. The van der Waals surface area contributed by atoms with Gasteiger partial charge < -0.3 is 0 Å². The third-order valence-corrected chi connectivity index (χ3v) is 5.56. The molecule has 2 unspecified atom stereocenters. The van der Waals surface area contributed by atoms with Crippen molar-refractivity contribution in [2.24, 2.45) is 16.7 Å². The summed E-state index contributed by atoms with van der Waals surface area (Å²) in [5, 5.41) is 0. The average Bonchev–Trinajstić information content (AvgIpc) is 2.66. The molecule has 0 spiro atoms. The van der Waals surface area contributed by atoms with Gasteiger partial charge in [0.1, 0.15) is 5.82 Å². The van der Waals surface area contributed by atoms with Gasteiger partial charge in [0.2, 0.25) is 0 Å². The highest BCUT2D eigenvalue weighted by atomic mass is 19.1. The zero-order valence-corrected chi connectivity index (χ0v) is 11.7. The molecule has 2 fully saturated rings. The van der Waals surface area contributed by atoms with Crippen molar-refractivity contribution >= 4 is 11.9 Å². The summed E-state index contributed by atoms with van der Waals surface area (Å²) in [4.78, 5) is 12.6. The number of carbonyl (C=O) groups is 1. The normalized spacial score (nSPS) is 34.2. The molecular weight excluding hydrogens is 239 g/mol. The zero-order chi connectivity index (χ0) is 13.8. The summed E-state index contributed by atoms with van der Waals surface area (Å²) in [6, 6.07) is 6.35. The van der Waals surface area contributed by atoms with Crippen LogP contribution in [-0.4, -0.2) is 5.78 Å². The van der Waals surface area contributed by atoms with Crippen molar-refractivity contribution in [1.29, 1.82) is 0 Å². The predicted octanol–water partition coefficient (Wildman–Crippen LogP) is 4.23. The van der Waals surface area contributed by atoms with Crippen molar-refractivity contribution in [3.63, 3.8) is 0 Å². The fourth-order valence-corrected chi connectivity index (χ4v) is 3.83. The first-order chi connectivity index (χ1) is 8.86. The first-order valence-corrected chi connectivity index (χ1v) is 6.88. The Morgan fingerprint density at radius 1 is 1.21 bits per heavy atom. The van der Waals surface area contributed by atoms with Gasteiger partial charge in [-0.25, -0.2) is 4.39 Å². The van der Waals surface area contributed by atoms with E-state index in [-0.39, 0.29) is 22.4 Å². The number of halogens is 1. The van der Waals surface area contributed by atoms with Crippen LogP contribution in [0.3, 0.4) is 0 Å². The van der Waals surface area contributed by atoms with Crippen molar-refractivity contribution in [2.45, 2.75) is 33.6 Å². The van der Waals surface area contributed by atoms with E-state index in [1.54, 1.807) is 12.1 Å². The molecule has 0 aromatic heterocycles. The van der Waals surface area contributed by atoms with Gasteiger partial charge in [0, 0.05) is 5.41 Å². The molecule has 1 nitrogen and oxygen atoms in total. The summed E-state index contributed by atoms with van der Waals surface area (Å²) < 4.78 is 12.9. The monoisotopic (exact) mass is 258 g/mol. The summed E-state index contributed by atoms with van der Waals surface area (Å²) in [6.45, 7) is 6.50. The highest BCUT2D eigenvalue weighted by Gasteiger charge is 2.63. The van der Waals surface area contributed by atoms with Crippen LogP contribution in [0.15, 0.2) is 29.8 Å². The van der Waals surface area contributed by atoms with E-state index in [0.717, 1.165) is 24.0 Å². The van der Waals surface area contributed by atoms with Crippen LogP contribution in [0.4, 0.5) is 4.39 Å². The number of rotatable bonds is 1. The highest BCUT2D eigenvalue weighted by Crippen LogP contribution is 2.65. The molecule has 0 saturated heterocycles. The van der Waals surface area contributed by atoms with Gasteiger partial charge in [-0.1, -0.05) is 32.9 Å². The highest BCUT2D eigenvalue weighted by molar-refractivity contribution is 6.07. The molecule has 2 aliphatic rings. The van der Waals surface area contributed by atoms with E-state index in [0.29, 0.717) is 5.92 Å². The third-order valence-electron chi connectivity index (χ3n) is 5.56. The van der Waals surface area contributed by atoms with E-state index < -0.39 is 0 Å². The van der Waals surface area contributed by atoms with Crippen molar-refractivity contribution in [2.75, 3.05) is 0 Å². The van der Waals surface area contributed by atoms with Crippen LogP contribution in [0.5, 0.6) is 0 Å².